The maximum absolute atomic E-state index is 12.5. The molecule has 0 bridgehead atoms. The lowest BCUT2D eigenvalue weighted by atomic mass is 10.2. The number of benzene rings is 2. The van der Waals surface area contributed by atoms with Gasteiger partial charge < -0.3 is 24.6 Å². The zero-order valence-electron chi connectivity index (χ0n) is 16.0. The van der Waals surface area contributed by atoms with Gasteiger partial charge in [-0.15, -0.1) is 0 Å². The Labute approximate surface area is 160 Å². The predicted octanol–water partition coefficient (Wildman–Crippen LogP) is 3.84. The Bertz CT molecular complexity index is 723. The summed E-state index contributed by atoms with van der Waals surface area (Å²) in [5, 5.41) is 2.95. The fourth-order valence-corrected chi connectivity index (χ4v) is 3.09. The molecule has 0 aromatic heterocycles. The van der Waals surface area contributed by atoms with Crippen LogP contribution in [0.4, 0.5) is 16.2 Å². The van der Waals surface area contributed by atoms with Crippen molar-refractivity contribution in [3.8, 4) is 11.5 Å². The predicted molar refractivity (Wildman–Crippen MR) is 108 cm³/mol. The summed E-state index contributed by atoms with van der Waals surface area (Å²) in [5.74, 6) is 1.69. The summed E-state index contributed by atoms with van der Waals surface area (Å²) in [5.41, 5.74) is 1.93. The summed E-state index contributed by atoms with van der Waals surface area (Å²) in [4.78, 5) is 16.6. The molecule has 1 aliphatic rings. The first kappa shape index (κ1) is 18.9. The Morgan fingerprint density at radius 1 is 0.852 bits per heavy atom. The van der Waals surface area contributed by atoms with Crippen molar-refractivity contribution in [2.75, 3.05) is 49.6 Å². The summed E-state index contributed by atoms with van der Waals surface area (Å²) >= 11 is 0. The molecule has 1 aliphatic heterocycles. The molecule has 0 saturated carbocycles. The summed E-state index contributed by atoms with van der Waals surface area (Å²) in [6.07, 6.45) is 0. The topological polar surface area (TPSA) is 54.0 Å². The minimum Gasteiger partial charge on any atom is -0.494 e. The molecule has 0 atom stereocenters. The number of ether oxygens (including phenoxy) is 2. The van der Waals surface area contributed by atoms with Gasteiger partial charge in [-0.1, -0.05) is 0 Å². The third-order valence-corrected chi connectivity index (χ3v) is 4.50. The van der Waals surface area contributed by atoms with E-state index in [0.29, 0.717) is 26.3 Å². The highest BCUT2D eigenvalue weighted by atomic mass is 16.5. The van der Waals surface area contributed by atoms with Gasteiger partial charge in [-0.05, 0) is 62.4 Å². The van der Waals surface area contributed by atoms with Crippen molar-refractivity contribution in [3.63, 3.8) is 0 Å². The molecule has 1 fully saturated rings. The van der Waals surface area contributed by atoms with Crippen molar-refractivity contribution >= 4 is 17.4 Å². The van der Waals surface area contributed by atoms with E-state index in [-0.39, 0.29) is 6.03 Å². The van der Waals surface area contributed by atoms with E-state index in [1.54, 1.807) is 0 Å². The number of hydrogen-bond donors (Lipinski definition) is 1. The third kappa shape index (κ3) is 5.06. The van der Waals surface area contributed by atoms with Gasteiger partial charge in [0.15, 0.2) is 0 Å². The van der Waals surface area contributed by atoms with Crippen LogP contribution in [0.3, 0.4) is 0 Å². The maximum Gasteiger partial charge on any atom is 0.321 e. The van der Waals surface area contributed by atoms with Gasteiger partial charge in [0.05, 0.1) is 13.2 Å². The average Bonchev–Trinajstić information content (AvgIpc) is 2.71. The monoisotopic (exact) mass is 369 g/mol. The molecule has 1 N–H and O–H groups in total. The quantitative estimate of drug-likeness (QED) is 0.841. The first-order valence-electron chi connectivity index (χ1n) is 9.46. The number of carbonyl (C=O) groups is 1. The summed E-state index contributed by atoms with van der Waals surface area (Å²) in [7, 11) is 0. The first-order chi connectivity index (χ1) is 13.2. The highest BCUT2D eigenvalue weighted by Gasteiger charge is 2.21. The van der Waals surface area contributed by atoms with Crippen molar-refractivity contribution in [1.82, 2.24) is 4.90 Å². The molecular formula is C21H27N3O3. The van der Waals surface area contributed by atoms with E-state index in [2.05, 4.69) is 22.3 Å². The van der Waals surface area contributed by atoms with E-state index < -0.39 is 0 Å². The van der Waals surface area contributed by atoms with Crippen LogP contribution in [0.15, 0.2) is 48.5 Å². The minimum absolute atomic E-state index is 0.0643. The Kier molecular flexibility index (Phi) is 6.41. The number of piperazine rings is 1. The summed E-state index contributed by atoms with van der Waals surface area (Å²) in [6, 6.07) is 15.5. The molecule has 2 aromatic rings. The second kappa shape index (κ2) is 9.16. The molecule has 6 nitrogen and oxygen atoms in total. The number of hydrogen-bond acceptors (Lipinski definition) is 4. The average molecular weight is 369 g/mol. The molecule has 3 rings (SSSR count). The maximum atomic E-state index is 12.5. The third-order valence-electron chi connectivity index (χ3n) is 4.50. The van der Waals surface area contributed by atoms with Crippen LogP contribution in [0.5, 0.6) is 11.5 Å². The van der Waals surface area contributed by atoms with Crippen LogP contribution in [0.25, 0.3) is 0 Å². The summed E-state index contributed by atoms with van der Waals surface area (Å²) in [6.45, 7) is 8.22. The first-order valence-corrected chi connectivity index (χ1v) is 9.46. The molecular weight excluding hydrogens is 342 g/mol. The second-order valence-electron chi connectivity index (χ2n) is 6.29. The fraction of sp³-hybridized carbons (Fsp3) is 0.381. The number of rotatable bonds is 6. The van der Waals surface area contributed by atoms with E-state index in [9.17, 15) is 4.79 Å². The molecule has 0 aliphatic carbocycles. The molecule has 144 valence electrons. The Morgan fingerprint density at radius 2 is 1.37 bits per heavy atom. The number of urea groups is 1. The molecule has 0 spiro atoms. The van der Waals surface area contributed by atoms with Crippen LogP contribution in [0.1, 0.15) is 13.8 Å². The molecule has 2 aromatic carbocycles. The van der Waals surface area contributed by atoms with Gasteiger partial charge in [-0.3, -0.25) is 0 Å². The van der Waals surface area contributed by atoms with E-state index in [1.807, 2.05) is 55.1 Å². The lowest BCUT2D eigenvalue weighted by molar-refractivity contribution is 0.208. The van der Waals surface area contributed by atoms with Crippen LogP contribution in [-0.2, 0) is 0 Å². The molecule has 27 heavy (non-hydrogen) atoms. The number of nitrogens with one attached hydrogen (secondary N) is 1. The SMILES string of the molecule is CCOc1ccc(NC(=O)N2CCN(c3ccc(OCC)cc3)CC2)cc1. The van der Waals surface area contributed by atoms with Gasteiger partial charge in [0.2, 0.25) is 0 Å². The number of nitrogens with zero attached hydrogens (tertiary/aromatic N) is 2. The van der Waals surface area contributed by atoms with Gasteiger partial charge in [0.25, 0.3) is 0 Å². The summed E-state index contributed by atoms with van der Waals surface area (Å²) < 4.78 is 10.9. The van der Waals surface area contributed by atoms with Gasteiger partial charge in [-0.2, -0.15) is 0 Å². The van der Waals surface area contributed by atoms with E-state index >= 15 is 0 Å². The van der Waals surface area contributed by atoms with Crippen molar-refractivity contribution in [2.24, 2.45) is 0 Å². The Hall–Kier alpha value is -2.89. The van der Waals surface area contributed by atoms with Gasteiger partial charge in [0.1, 0.15) is 11.5 Å². The normalized spacial score (nSPS) is 14.0. The van der Waals surface area contributed by atoms with Crippen molar-refractivity contribution < 1.29 is 14.3 Å². The molecule has 0 unspecified atom stereocenters. The lowest BCUT2D eigenvalue weighted by Gasteiger charge is -2.36. The molecule has 2 amide bonds. The van der Waals surface area contributed by atoms with Crippen LogP contribution < -0.4 is 19.7 Å². The molecule has 1 heterocycles. The number of carbonyl (C=O) groups excluding carboxylic acids is 1. The van der Waals surface area contributed by atoms with Crippen LogP contribution in [0.2, 0.25) is 0 Å². The minimum atomic E-state index is -0.0643. The van der Waals surface area contributed by atoms with Gasteiger partial charge >= 0.3 is 6.03 Å². The highest BCUT2D eigenvalue weighted by molar-refractivity contribution is 5.89. The second-order valence-corrected chi connectivity index (χ2v) is 6.29. The number of anilines is 2. The molecule has 0 radical (unpaired) electrons. The van der Waals surface area contributed by atoms with Crippen LogP contribution in [0, 0.1) is 0 Å². The van der Waals surface area contributed by atoms with Gasteiger partial charge in [0, 0.05) is 37.6 Å². The molecule has 1 saturated heterocycles. The Morgan fingerprint density at radius 3 is 1.89 bits per heavy atom. The number of amides is 2. The fourth-order valence-electron chi connectivity index (χ4n) is 3.09. The standard InChI is InChI=1S/C21H27N3O3/c1-3-26-19-9-5-17(6-10-19)22-21(25)24-15-13-23(14-16-24)18-7-11-20(12-8-18)27-4-2/h5-12H,3-4,13-16H2,1-2H3,(H,22,25). The largest absolute Gasteiger partial charge is 0.494 e. The van der Waals surface area contributed by atoms with E-state index in [0.717, 1.165) is 36.0 Å². The molecule has 6 heteroatoms. The smallest absolute Gasteiger partial charge is 0.321 e. The van der Waals surface area contributed by atoms with Crippen LogP contribution >= 0.6 is 0 Å². The van der Waals surface area contributed by atoms with Gasteiger partial charge in [-0.25, -0.2) is 4.79 Å². The van der Waals surface area contributed by atoms with E-state index in [4.69, 9.17) is 9.47 Å². The van der Waals surface area contributed by atoms with Crippen LogP contribution in [-0.4, -0.2) is 50.3 Å². The highest BCUT2D eigenvalue weighted by Crippen LogP contribution is 2.21. The van der Waals surface area contributed by atoms with Crippen molar-refractivity contribution in [1.29, 1.82) is 0 Å². The van der Waals surface area contributed by atoms with Crippen molar-refractivity contribution in [2.45, 2.75) is 13.8 Å². The van der Waals surface area contributed by atoms with E-state index in [1.165, 1.54) is 0 Å². The van der Waals surface area contributed by atoms with Crippen molar-refractivity contribution in [3.05, 3.63) is 48.5 Å². The lowest BCUT2D eigenvalue weighted by Crippen LogP contribution is -2.50. The Balaban J connectivity index is 1.50. The zero-order chi connectivity index (χ0) is 19.1. The zero-order valence-corrected chi connectivity index (χ0v) is 16.0.